The van der Waals surface area contributed by atoms with Crippen molar-refractivity contribution in [2.24, 2.45) is 0 Å². The maximum Gasteiger partial charge on any atom is 0.233 e. The smallest absolute Gasteiger partial charge is 0.233 e. The molecule has 0 aliphatic heterocycles. The van der Waals surface area contributed by atoms with Gasteiger partial charge in [0.25, 0.3) is 0 Å². The molecular weight excluding hydrogens is 276 g/mol. The molecule has 0 bridgehead atoms. The molecule has 0 saturated carbocycles. The first-order chi connectivity index (χ1) is 9.48. The molecule has 106 valence electrons. The number of rotatable bonds is 5. The van der Waals surface area contributed by atoms with Crippen LogP contribution in [0.5, 0.6) is 0 Å². The molecule has 2 N–H and O–H groups in total. The summed E-state index contributed by atoms with van der Waals surface area (Å²) in [6.07, 6.45) is 0. The Labute approximate surface area is 118 Å². The number of nitrogens with one attached hydrogen (secondary N) is 2. The maximum atomic E-state index is 11.4. The molecule has 2 rings (SSSR count). The SMILES string of the molecule is CCS(=O)(=O)Nc1ccc(Nc2ccc(C)cc2)nn1. The second-order valence-corrected chi connectivity index (χ2v) is 6.31. The summed E-state index contributed by atoms with van der Waals surface area (Å²) in [7, 11) is -3.32. The molecule has 0 atom stereocenters. The van der Waals surface area contributed by atoms with E-state index in [2.05, 4.69) is 20.2 Å². The van der Waals surface area contributed by atoms with E-state index in [-0.39, 0.29) is 11.6 Å². The summed E-state index contributed by atoms with van der Waals surface area (Å²) >= 11 is 0. The Balaban J connectivity index is 2.07. The van der Waals surface area contributed by atoms with Crippen LogP contribution in [0.4, 0.5) is 17.3 Å². The van der Waals surface area contributed by atoms with Crippen molar-refractivity contribution in [1.82, 2.24) is 10.2 Å². The molecular formula is C13H16N4O2S. The number of anilines is 3. The normalized spacial score (nSPS) is 11.1. The second kappa shape index (κ2) is 5.87. The highest BCUT2D eigenvalue weighted by Gasteiger charge is 2.07. The molecule has 0 radical (unpaired) electrons. The molecule has 0 unspecified atom stereocenters. The quantitative estimate of drug-likeness (QED) is 0.883. The van der Waals surface area contributed by atoms with Crippen molar-refractivity contribution >= 4 is 27.3 Å². The first-order valence-corrected chi connectivity index (χ1v) is 7.81. The summed E-state index contributed by atoms with van der Waals surface area (Å²) in [4.78, 5) is 0. The molecule has 20 heavy (non-hydrogen) atoms. The van der Waals surface area contributed by atoms with Gasteiger partial charge in [-0.1, -0.05) is 17.7 Å². The third kappa shape index (κ3) is 3.92. The van der Waals surface area contributed by atoms with Gasteiger partial charge in [0.2, 0.25) is 10.0 Å². The highest BCUT2D eigenvalue weighted by Crippen LogP contribution is 2.15. The van der Waals surface area contributed by atoms with E-state index < -0.39 is 10.0 Å². The third-order valence-electron chi connectivity index (χ3n) is 2.63. The fourth-order valence-corrected chi connectivity index (χ4v) is 2.04. The average Bonchev–Trinajstić information content (AvgIpc) is 2.43. The number of nitrogens with zero attached hydrogens (tertiary/aromatic N) is 2. The second-order valence-electron chi connectivity index (χ2n) is 4.30. The summed E-state index contributed by atoms with van der Waals surface area (Å²) < 4.78 is 25.1. The largest absolute Gasteiger partial charge is 0.339 e. The zero-order valence-electron chi connectivity index (χ0n) is 11.3. The highest BCUT2D eigenvalue weighted by atomic mass is 32.2. The monoisotopic (exact) mass is 292 g/mol. The lowest BCUT2D eigenvalue weighted by atomic mass is 10.2. The van der Waals surface area contributed by atoms with Crippen LogP contribution in [0, 0.1) is 6.92 Å². The zero-order valence-corrected chi connectivity index (χ0v) is 12.1. The van der Waals surface area contributed by atoms with Gasteiger partial charge in [0.1, 0.15) is 0 Å². The molecule has 0 amide bonds. The summed E-state index contributed by atoms with van der Waals surface area (Å²) in [6.45, 7) is 3.57. The van der Waals surface area contributed by atoms with Crippen molar-refractivity contribution in [3.63, 3.8) is 0 Å². The van der Waals surface area contributed by atoms with Crippen LogP contribution in [0.3, 0.4) is 0 Å². The Hall–Kier alpha value is -2.15. The zero-order chi connectivity index (χ0) is 14.6. The molecule has 0 spiro atoms. The van der Waals surface area contributed by atoms with Crippen LogP contribution in [0.2, 0.25) is 0 Å². The summed E-state index contributed by atoms with van der Waals surface area (Å²) in [5.41, 5.74) is 2.07. The summed E-state index contributed by atoms with van der Waals surface area (Å²) in [5.74, 6) is 0.757. The standard InChI is InChI=1S/C13H16N4O2S/c1-3-20(18,19)17-13-9-8-12(15-16-13)14-11-6-4-10(2)5-7-11/h4-9H,3H2,1-2H3,(H,14,15)(H,16,17). The van der Waals surface area contributed by atoms with Gasteiger partial charge in [-0.15, -0.1) is 10.2 Å². The van der Waals surface area contributed by atoms with E-state index in [1.807, 2.05) is 31.2 Å². The van der Waals surface area contributed by atoms with E-state index >= 15 is 0 Å². The predicted octanol–water partition coefficient (Wildman–Crippen LogP) is 2.29. The Bertz CT molecular complexity index is 667. The molecule has 1 heterocycles. The van der Waals surface area contributed by atoms with Crippen LogP contribution in [0.1, 0.15) is 12.5 Å². The van der Waals surface area contributed by atoms with E-state index in [1.165, 1.54) is 5.56 Å². The predicted molar refractivity (Wildman–Crippen MR) is 79.6 cm³/mol. The Kier molecular flexibility index (Phi) is 4.19. The van der Waals surface area contributed by atoms with Crippen LogP contribution in [-0.4, -0.2) is 24.4 Å². The first kappa shape index (κ1) is 14.3. The minimum atomic E-state index is -3.32. The van der Waals surface area contributed by atoms with Crippen LogP contribution in [-0.2, 0) is 10.0 Å². The van der Waals surface area contributed by atoms with Gasteiger partial charge < -0.3 is 5.32 Å². The molecule has 7 heteroatoms. The molecule has 1 aromatic heterocycles. The number of hydrogen-bond acceptors (Lipinski definition) is 5. The first-order valence-electron chi connectivity index (χ1n) is 6.16. The maximum absolute atomic E-state index is 11.4. The van der Waals surface area contributed by atoms with Gasteiger partial charge in [0, 0.05) is 5.69 Å². The number of sulfonamides is 1. The van der Waals surface area contributed by atoms with Crippen LogP contribution >= 0.6 is 0 Å². The van der Waals surface area contributed by atoms with Gasteiger partial charge in [-0.3, -0.25) is 4.72 Å². The molecule has 0 saturated heterocycles. The van der Waals surface area contributed by atoms with E-state index in [4.69, 9.17) is 0 Å². The Morgan fingerprint density at radius 2 is 1.60 bits per heavy atom. The van der Waals surface area contributed by atoms with E-state index in [1.54, 1.807) is 19.1 Å². The van der Waals surface area contributed by atoms with Crippen LogP contribution < -0.4 is 10.0 Å². The van der Waals surface area contributed by atoms with Gasteiger partial charge in [-0.2, -0.15) is 0 Å². The molecule has 1 aromatic carbocycles. The van der Waals surface area contributed by atoms with Gasteiger partial charge in [0.15, 0.2) is 11.6 Å². The fraction of sp³-hybridized carbons (Fsp3) is 0.231. The van der Waals surface area contributed by atoms with Crippen molar-refractivity contribution in [1.29, 1.82) is 0 Å². The Morgan fingerprint density at radius 3 is 2.15 bits per heavy atom. The van der Waals surface area contributed by atoms with Gasteiger partial charge in [-0.05, 0) is 38.1 Å². The Morgan fingerprint density at radius 1 is 1.00 bits per heavy atom. The van der Waals surface area contributed by atoms with E-state index in [0.29, 0.717) is 5.82 Å². The molecule has 6 nitrogen and oxygen atoms in total. The van der Waals surface area contributed by atoms with Gasteiger partial charge in [0.05, 0.1) is 5.75 Å². The minimum absolute atomic E-state index is 0.00194. The van der Waals surface area contributed by atoms with Gasteiger partial charge >= 0.3 is 0 Å². The highest BCUT2D eigenvalue weighted by molar-refractivity contribution is 7.92. The van der Waals surface area contributed by atoms with Gasteiger partial charge in [-0.25, -0.2) is 8.42 Å². The summed E-state index contributed by atoms with van der Waals surface area (Å²) in [5, 5.41) is 10.8. The minimum Gasteiger partial charge on any atom is -0.339 e. The van der Waals surface area contributed by atoms with Crippen molar-refractivity contribution < 1.29 is 8.42 Å². The molecule has 0 fully saturated rings. The average molecular weight is 292 g/mol. The molecule has 0 aliphatic carbocycles. The molecule has 2 aromatic rings. The number of aryl methyl sites for hydroxylation is 1. The lowest BCUT2D eigenvalue weighted by Gasteiger charge is -2.07. The van der Waals surface area contributed by atoms with E-state index in [0.717, 1.165) is 5.69 Å². The topological polar surface area (TPSA) is 84.0 Å². The number of benzene rings is 1. The lowest BCUT2D eigenvalue weighted by Crippen LogP contribution is -2.15. The van der Waals surface area contributed by atoms with Crippen molar-refractivity contribution in [2.45, 2.75) is 13.8 Å². The van der Waals surface area contributed by atoms with E-state index in [9.17, 15) is 8.42 Å². The molecule has 0 aliphatic rings. The van der Waals surface area contributed by atoms with Crippen LogP contribution in [0.25, 0.3) is 0 Å². The van der Waals surface area contributed by atoms with Crippen LogP contribution in [0.15, 0.2) is 36.4 Å². The van der Waals surface area contributed by atoms with Crippen molar-refractivity contribution in [3.05, 3.63) is 42.0 Å². The number of aromatic nitrogens is 2. The number of hydrogen-bond donors (Lipinski definition) is 2. The third-order valence-corrected chi connectivity index (χ3v) is 3.91. The van der Waals surface area contributed by atoms with Crippen molar-refractivity contribution in [2.75, 3.05) is 15.8 Å². The van der Waals surface area contributed by atoms with Crippen molar-refractivity contribution in [3.8, 4) is 0 Å². The lowest BCUT2D eigenvalue weighted by molar-refractivity contribution is 0.602. The fourth-order valence-electron chi connectivity index (χ4n) is 1.47. The summed E-state index contributed by atoms with van der Waals surface area (Å²) in [6, 6.07) is 11.1.